The maximum atomic E-state index is 5.03. The maximum absolute atomic E-state index is 5.03. The summed E-state index contributed by atoms with van der Waals surface area (Å²) in [5.41, 5.74) is 3.43. The third-order valence-corrected chi connectivity index (χ3v) is 4.44. The number of guanidine groups is 1. The Balaban J connectivity index is 0.00000338. The number of benzene rings is 1. The number of anilines is 1. The number of aryl methyl sites for hydroxylation is 1. The monoisotopic (exact) mass is 489 g/mol. The third-order valence-electron chi connectivity index (χ3n) is 3.61. The molecule has 0 amide bonds. The van der Waals surface area contributed by atoms with Gasteiger partial charge in [0.1, 0.15) is 0 Å². The van der Waals surface area contributed by atoms with Crippen molar-refractivity contribution in [2.45, 2.75) is 19.9 Å². The van der Waals surface area contributed by atoms with E-state index in [1.807, 2.05) is 6.92 Å². The van der Waals surface area contributed by atoms with E-state index < -0.39 is 0 Å². The number of ether oxygens (including phenoxy) is 1. The number of thiazole rings is 1. The Bertz CT molecular complexity index is 660. The fourth-order valence-corrected chi connectivity index (χ4v) is 2.92. The smallest absolute Gasteiger partial charge is 0.191 e. The molecule has 1 heterocycles. The standard InChI is InChI=1S/C18H27N5OS.HI/c1-14-23-17(13-25-14)8-9-21-18(19-2)22-12-15-4-6-16(7-5-15)20-10-11-24-3;/h4-7,13,20H,8-12H2,1-3H3,(H2,19,21,22);1H. The van der Waals surface area contributed by atoms with Crippen molar-refractivity contribution in [1.29, 1.82) is 0 Å². The van der Waals surface area contributed by atoms with Crippen LogP contribution in [0, 0.1) is 6.92 Å². The molecule has 2 aromatic rings. The van der Waals surface area contributed by atoms with E-state index in [2.05, 4.69) is 55.6 Å². The van der Waals surface area contributed by atoms with E-state index in [0.717, 1.165) is 48.4 Å². The molecule has 0 spiro atoms. The van der Waals surface area contributed by atoms with Crippen molar-refractivity contribution in [3.63, 3.8) is 0 Å². The van der Waals surface area contributed by atoms with Gasteiger partial charge in [-0.05, 0) is 24.6 Å². The van der Waals surface area contributed by atoms with E-state index in [9.17, 15) is 0 Å². The predicted molar refractivity (Wildman–Crippen MR) is 121 cm³/mol. The minimum Gasteiger partial charge on any atom is -0.383 e. The van der Waals surface area contributed by atoms with Crippen LogP contribution < -0.4 is 16.0 Å². The van der Waals surface area contributed by atoms with Crippen molar-refractivity contribution >= 4 is 47.0 Å². The van der Waals surface area contributed by atoms with Crippen LogP contribution in [0.4, 0.5) is 5.69 Å². The molecule has 0 bridgehead atoms. The Morgan fingerprint density at radius 3 is 2.58 bits per heavy atom. The highest BCUT2D eigenvalue weighted by Gasteiger charge is 2.01. The van der Waals surface area contributed by atoms with Gasteiger partial charge in [-0.3, -0.25) is 4.99 Å². The molecule has 26 heavy (non-hydrogen) atoms. The number of methoxy groups -OCH3 is 1. The topological polar surface area (TPSA) is 70.6 Å². The summed E-state index contributed by atoms with van der Waals surface area (Å²) in [5, 5.41) is 13.2. The molecular weight excluding hydrogens is 461 g/mol. The van der Waals surface area contributed by atoms with Gasteiger partial charge in [-0.15, -0.1) is 35.3 Å². The predicted octanol–water partition coefficient (Wildman–Crippen LogP) is 3.04. The molecule has 0 saturated heterocycles. The lowest BCUT2D eigenvalue weighted by Gasteiger charge is -2.12. The van der Waals surface area contributed by atoms with Gasteiger partial charge >= 0.3 is 0 Å². The first-order valence-corrected chi connectivity index (χ1v) is 9.26. The lowest BCUT2D eigenvalue weighted by Crippen LogP contribution is -2.37. The average Bonchev–Trinajstić information content (AvgIpc) is 3.04. The molecule has 6 nitrogen and oxygen atoms in total. The van der Waals surface area contributed by atoms with Gasteiger partial charge < -0.3 is 20.7 Å². The molecular formula is C18H28IN5OS. The van der Waals surface area contributed by atoms with Crippen LogP contribution in [0.5, 0.6) is 0 Å². The summed E-state index contributed by atoms with van der Waals surface area (Å²) in [7, 11) is 3.49. The van der Waals surface area contributed by atoms with Crippen LogP contribution in [0.3, 0.4) is 0 Å². The van der Waals surface area contributed by atoms with Crippen LogP contribution >= 0.6 is 35.3 Å². The van der Waals surface area contributed by atoms with Gasteiger partial charge in [0.15, 0.2) is 5.96 Å². The summed E-state index contributed by atoms with van der Waals surface area (Å²) >= 11 is 1.69. The van der Waals surface area contributed by atoms with Crippen LogP contribution in [-0.4, -0.2) is 44.8 Å². The number of hydrogen-bond acceptors (Lipinski definition) is 5. The molecule has 0 saturated carbocycles. The molecule has 2 rings (SSSR count). The lowest BCUT2D eigenvalue weighted by molar-refractivity contribution is 0.211. The summed E-state index contributed by atoms with van der Waals surface area (Å²) in [6.07, 6.45) is 0.896. The van der Waals surface area contributed by atoms with E-state index in [1.165, 1.54) is 5.56 Å². The van der Waals surface area contributed by atoms with Gasteiger partial charge in [0, 0.05) is 51.3 Å². The SMILES string of the molecule is CN=C(NCCc1csc(C)n1)NCc1ccc(NCCOC)cc1.I. The lowest BCUT2D eigenvalue weighted by atomic mass is 10.2. The quantitative estimate of drug-likeness (QED) is 0.219. The van der Waals surface area contributed by atoms with E-state index in [0.29, 0.717) is 6.61 Å². The first-order valence-electron chi connectivity index (χ1n) is 8.38. The van der Waals surface area contributed by atoms with Gasteiger partial charge in [-0.25, -0.2) is 4.98 Å². The van der Waals surface area contributed by atoms with E-state index in [4.69, 9.17) is 4.74 Å². The van der Waals surface area contributed by atoms with Gasteiger partial charge in [-0.1, -0.05) is 12.1 Å². The van der Waals surface area contributed by atoms with Crippen LogP contribution in [0.25, 0.3) is 0 Å². The highest BCUT2D eigenvalue weighted by atomic mass is 127. The number of rotatable bonds is 9. The number of halogens is 1. The molecule has 0 aliphatic carbocycles. The van der Waals surface area contributed by atoms with Crippen molar-refractivity contribution < 1.29 is 4.74 Å². The number of aliphatic imine (C=N–C) groups is 1. The van der Waals surface area contributed by atoms with Crippen LogP contribution in [0.1, 0.15) is 16.3 Å². The second kappa shape index (κ2) is 12.9. The van der Waals surface area contributed by atoms with Crippen LogP contribution in [0.2, 0.25) is 0 Å². The molecule has 0 radical (unpaired) electrons. The summed E-state index contributed by atoms with van der Waals surface area (Å²) in [6, 6.07) is 8.36. The Morgan fingerprint density at radius 2 is 1.96 bits per heavy atom. The molecule has 0 atom stereocenters. The molecule has 0 fully saturated rings. The Kier molecular flexibility index (Phi) is 11.2. The van der Waals surface area contributed by atoms with Gasteiger partial charge in [0.2, 0.25) is 0 Å². The Hall–Kier alpha value is -1.39. The van der Waals surface area contributed by atoms with Crippen molar-refractivity contribution in [2.24, 2.45) is 4.99 Å². The second-order valence-electron chi connectivity index (χ2n) is 5.58. The second-order valence-corrected chi connectivity index (χ2v) is 6.64. The van der Waals surface area contributed by atoms with Crippen LogP contribution in [-0.2, 0) is 17.7 Å². The molecule has 0 aliphatic heterocycles. The fourth-order valence-electron chi connectivity index (χ4n) is 2.28. The Morgan fingerprint density at radius 1 is 1.19 bits per heavy atom. The number of nitrogens with one attached hydrogen (secondary N) is 3. The zero-order valence-corrected chi connectivity index (χ0v) is 18.7. The van der Waals surface area contributed by atoms with Crippen molar-refractivity contribution in [2.75, 3.05) is 39.2 Å². The van der Waals surface area contributed by atoms with Gasteiger partial charge in [-0.2, -0.15) is 0 Å². The first kappa shape index (κ1) is 22.7. The summed E-state index contributed by atoms with van der Waals surface area (Å²) in [4.78, 5) is 8.72. The third kappa shape index (κ3) is 8.33. The first-order chi connectivity index (χ1) is 12.2. The van der Waals surface area contributed by atoms with E-state index in [-0.39, 0.29) is 24.0 Å². The largest absolute Gasteiger partial charge is 0.383 e. The van der Waals surface area contributed by atoms with Crippen molar-refractivity contribution in [1.82, 2.24) is 15.6 Å². The number of nitrogens with zero attached hydrogens (tertiary/aromatic N) is 2. The van der Waals surface area contributed by atoms with Crippen molar-refractivity contribution in [3.8, 4) is 0 Å². The summed E-state index contributed by atoms with van der Waals surface area (Å²) in [5.74, 6) is 0.800. The average molecular weight is 489 g/mol. The van der Waals surface area contributed by atoms with Crippen molar-refractivity contribution in [3.05, 3.63) is 45.9 Å². The molecule has 144 valence electrons. The zero-order chi connectivity index (χ0) is 17.9. The maximum Gasteiger partial charge on any atom is 0.191 e. The van der Waals surface area contributed by atoms with E-state index >= 15 is 0 Å². The molecule has 3 N–H and O–H groups in total. The number of aromatic nitrogens is 1. The van der Waals surface area contributed by atoms with Gasteiger partial charge in [0.25, 0.3) is 0 Å². The highest BCUT2D eigenvalue weighted by Crippen LogP contribution is 2.09. The summed E-state index contributed by atoms with van der Waals surface area (Å²) in [6.45, 7) is 5.08. The normalized spacial score (nSPS) is 11.0. The van der Waals surface area contributed by atoms with Crippen LogP contribution in [0.15, 0.2) is 34.6 Å². The van der Waals surface area contributed by atoms with Gasteiger partial charge in [0.05, 0.1) is 17.3 Å². The summed E-state index contributed by atoms with van der Waals surface area (Å²) < 4.78 is 5.03. The fraction of sp³-hybridized carbons (Fsp3) is 0.444. The molecule has 0 aliphatic rings. The minimum atomic E-state index is 0. The minimum absolute atomic E-state index is 0. The molecule has 8 heteroatoms. The molecule has 0 unspecified atom stereocenters. The zero-order valence-electron chi connectivity index (χ0n) is 15.5. The highest BCUT2D eigenvalue weighted by molar-refractivity contribution is 14.0. The molecule has 1 aromatic heterocycles. The number of hydrogen-bond donors (Lipinski definition) is 3. The van der Waals surface area contributed by atoms with E-state index in [1.54, 1.807) is 25.5 Å². The molecule has 1 aromatic carbocycles. The Labute approximate surface area is 176 Å².